The molecule has 0 radical (unpaired) electrons. The fourth-order valence-electron chi connectivity index (χ4n) is 5.43. The number of aryl methyl sites for hydroxylation is 1. The Balaban J connectivity index is 1.41. The highest BCUT2D eigenvalue weighted by atomic mass is 32.2. The molecule has 0 bridgehead atoms. The van der Waals surface area contributed by atoms with Crippen LogP contribution < -0.4 is 4.72 Å². The standard InChI is InChI=1S/C29H38N4O7S/c1-20-10-15-24(18-25(20)33(36)37)41(38,39)30-23-13-11-22(12-14-23)27(34)32-17-16-31(28(35)40-29(2,3)4)19-26(32)21-8-6-5-7-9-21/h5-10,15,18,22-23,26,30H,11-14,16-17,19H2,1-4H3/t22-,23-,26-/m1/s1. The molecule has 41 heavy (non-hydrogen) atoms. The van der Waals surface area contributed by atoms with Crippen LogP contribution in [0.2, 0.25) is 0 Å². The van der Waals surface area contributed by atoms with E-state index in [-0.39, 0.29) is 34.5 Å². The van der Waals surface area contributed by atoms with Crippen molar-refractivity contribution in [2.45, 2.75) is 76.0 Å². The molecule has 2 amide bonds. The first kappa shape index (κ1) is 30.4. The number of piperazine rings is 1. The normalized spacial score (nSPS) is 21.8. The van der Waals surface area contributed by atoms with E-state index in [1.807, 2.05) is 56.0 Å². The second-order valence-corrected chi connectivity index (χ2v) is 13.5. The van der Waals surface area contributed by atoms with Gasteiger partial charge in [0, 0.05) is 43.2 Å². The molecule has 11 nitrogen and oxygen atoms in total. The van der Waals surface area contributed by atoms with Crippen molar-refractivity contribution in [3.8, 4) is 0 Å². The molecule has 1 aliphatic heterocycles. The molecule has 2 aromatic rings. The van der Waals surface area contributed by atoms with Gasteiger partial charge in [-0.25, -0.2) is 17.9 Å². The van der Waals surface area contributed by atoms with E-state index in [2.05, 4.69) is 4.72 Å². The van der Waals surface area contributed by atoms with E-state index in [1.54, 1.807) is 11.8 Å². The highest BCUT2D eigenvalue weighted by Gasteiger charge is 2.39. The summed E-state index contributed by atoms with van der Waals surface area (Å²) in [6.45, 7) is 8.07. The lowest BCUT2D eigenvalue weighted by Crippen LogP contribution is -2.54. The van der Waals surface area contributed by atoms with Crippen molar-refractivity contribution < 1.29 is 27.7 Å². The van der Waals surface area contributed by atoms with Gasteiger partial charge in [-0.3, -0.25) is 14.9 Å². The molecule has 2 aromatic carbocycles. The molecule has 4 rings (SSSR count). The predicted octanol–water partition coefficient (Wildman–Crippen LogP) is 4.56. The lowest BCUT2D eigenvalue weighted by atomic mass is 9.85. The summed E-state index contributed by atoms with van der Waals surface area (Å²) in [6, 6.07) is 12.8. The Bertz CT molecular complexity index is 1380. The van der Waals surface area contributed by atoms with Crippen molar-refractivity contribution in [3.05, 3.63) is 69.8 Å². The smallest absolute Gasteiger partial charge is 0.410 e. The Morgan fingerprint density at radius 3 is 2.29 bits per heavy atom. The molecular formula is C29H38N4O7S. The van der Waals surface area contributed by atoms with E-state index in [9.17, 15) is 28.1 Å². The van der Waals surface area contributed by atoms with Gasteiger partial charge < -0.3 is 14.5 Å². The molecule has 222 valence electrons. The van der Waals surface area contributed by atoms with Gasteiger partial charge in [-0.2, -0.15) is 0 Å². The molecule has 1 heterocycles. The second kappa shape index (κ2) is 12.2. The van der Waals surface area contributed by atoms with E-state index in [1.165, 1.54) is 12.1 Å². The van der Waals surface area contributed by atoms with Gasteiger partial charge >= 0.3 is 6.09 Å². The van der Waals surface area contributed by atoms with Gasteiger partial charge in [-0.15, -0.1) is 0 Å². The summed E-state index contributed by atoms with van der Waals surface area (Å²) in [6.07, 6.45) is 1.55. The number of carbonyl (C=O) groups excluding carboxylic acids is 2. The Kier molecular flexibility index (Phi) is 9.03. The van der Waals surface area contributed by atoms with Crippen LogP contribution in [0, 0.1) is 23.0 Å². The van der Waals surface area contributed by atoms with Crippen molar-refractivity contribution >= 4 is 27.7 Å². The van der Waals surface area contributed by atoms with E-state index in [0.717, 1.165) is 11.6 Å². The Morgan fingerprint density at radius 1 is 1.02 bits per heavy atom. The molecule has 12 heteroatoms. The van der Waals surface area contributed by atoms with E-state index in [0.29, 0.717) is 50.9 Å². The van der Waals surface area contributed by atoms with Gasteiger partial charge in [0.05, 0.1) is 15.9 Å². The molecule has 2 fully saturated rings. The van der Waals surface area contributed by atoms with Crippen molar-refractivity contribution in [1.29, 1.82) is 0 Å². The molecule has 1 atom stereocenters. The third kappa shape index (κ3) is 7.42. The molecule has 0 unspecified atom stereocenters. The minimum absolute atomic E-state index is 0.00171. The summed E-state index contributed by atoms with van der Waals surface area (Å²) in [4.78, 5) is 40.6. The fraction of sp³-hybridized carbons (Fsp3) is 0.517. The number of ether oxygens (including phenoxy) is 1. The second-order valence-electron chi connectivity index (χ2n) is 11.8. The number of hydrogen-bond acceptors (Lipinski definition) is 7. The van der Waals surface area contributed by atoms with Crippen LogP contribution in [0.25, 0.3) is 0 Å². The van der Waals surface area contributed by atoms with Gasteiger partial charge in [-0.05, 0) is 65.0 Å². The van der Waals surface area contributed by atoms with Crippen LogP contribution >= 0.6 is 0 Å². The number of nitro benzene ring substituents is 1. The monoisotopic (exact) mass is 586 g/mol. The summed E-state index contributed by atoms with van der Waals surface area (Å²) in [5, 5.41) is 11.3. The number of carbonyl (C=O) groups is 2. The maximum atomic E-state index is 13.8. The number of benzene rings is 2. The third-order valence-electron chi connectivity index (χ3n) is 7.59. The van der Waals surface area contributed by atoms with Crippen molar-refractivity contribution in [2.75, 3.05) is 19.6 Å². The highest BCUT2D eigenvalue weighted by molar-refractivity contribution is 7.89. The molecule has 2 aliphatic rings. The highest BCUT2D eigenvalue weighted by Crippen LogP contribution is 2.33. The van der Waals surface area contributed by atoms with Crippen LogP contribution in [0.15, 0.2) is 53.4 Å². The third-order valence-corrected chi connectivity index (χ3v) is 9.10. The summed E-state index contributed by atoms with van der Waals surface area (Å²) >= 11 is 0. The predicted molar refractivity (Wildman–Crippen MR) is 153 cm³/mol. The number of hydrogen-bond donors (Lipinski definition) is 1. The fourth-order valence-corrected chi connectivity index (χ4v) is 6.76. The summed E-state index contributed by atoms with van der Waals surface area (Å²) in [7, 11) is -3.96. The minimum Gasteiger partial charge on any atom is -0.444 e. The van der Waals surface area contributed by atoms with Gasteiger partial charge in [0.1, 0.15) is 5.60 Å². The quantitative estimate of drug-likeness (QED) is 0.387. The number of nitrogens with zero attached hydrogens (tertiary/aromatic N) is 3. The van der Waals surface area contributed by atoms with Crippen LogP contribution in [0.1, 0.15) is 63.6 Å². The molecule has 0 aromatic heterocycles. The van der Waals surface area contributed by atoms with Gasteiger partial charge in [0.2, 0.25) is 15.9 Å². The minimum atomic E-state index is -3.96. The molecular weight excluding hydrogens is 548 g/mol. The average Bonchev–Trinajstić information content (AvgIpc) is 2.92. The van der Waals surface area contributed by atoms with Gasteiger partial charge in [0.25, 0.3) is 5.69 Å². The number of nitro groups is 1. The van der Waals surface area contributed by atoms with E-state index in [4.69, 9.17) is 4.74 Å². The lowest BCUT2D eigenvalue weighted by molar-refractivity contribution is -0.385. The van der Waals surface area contributed by atoms with E-state index < -0.39 is 26.6 Å². The zero-order chi connectivity index (χ0) is 29.9. The van der Waals surface area contributed by atoms with E-state index >= 15 is 0 Å². The summed E-state index contributed by atoms with van der Waals surface area (Å²) in [5.74, 6) is -0.270. The first-order valence-electron chi connectivity index (χ1n) is 13.9. The van der Waals surface area contributed by atoms with Gasteiger partial charge in [0.15, 0.2) is 0 Å². The SMILES string of the molecule is Cc1ccc(S(=O)(=O)N[C@H]2CC[C@H](C(=O)N3CCN(C(=O)OC(C)(C)C)C[C@@H]3c3ccccc3)CC2)cc1[N+](=O)[O-]. The van der Waals surface area contributed by atoms with Crippen molar-refractivity contribution in [1.82, 2.24) is 14.5 Å². The van der Waals surface area contributed by atoms with Crippen LogP contribution in [0.3, 0.4) is 0 Å². The maximum absolute atomic E-state index is 13.8. The molecule has 0 spiro atoms. The topological polar surface area (TPSA) is 139 Å². The Hall–Kier alpha value is -3.51. The summed E-state index contributed by atoms with van der Waals surface area (Å²) < 4.78 is 34.2. The van der Waals surface area contributed by atoms with Crippen LogP contribution in [-0.2, 0) is 19.6 Å². The molecule has 1 aliphatic carbocycles. The largest absolute Gasteiger partial charge is 0.444 e. The number of amides is 2. The number of rotatable bonds is 6. The Labute approximate surface area is 241 Å². The van der Waals surface area contributed by atoms with Crippen LogP contribution in [-0.4, -0.2) is 66.4 Å². The zero-order valence-electron chi connectivity index (χ0n) is 23.9. The van der Waals surface area contributed by atoms with Crippen LogP contribution in [0.5, 0.6) is 0 Å². The Morgan fingerprint density at radius 2 is 1.68 bits per heavy atom. The molecule has 1 saturated heterocycles. The maximum Gasteiger partial charge on any atom is 0.410 e. The van der Waals surface area contributed by atoms with Crippen molar-refractivity contribution in [3.63, 3.8) is 0 Å². The lowest BCUT2D eigenvalue weighted by Gasteiger charge is -2.43. The molecule has 1 N–H and O–H groups in total. The number of nitrogens with one attached hydrogen (secondary N) is 1. The first-order chi connectivity index (χ1) is 19.2. The average molecular weight is 587 g/mol. The zero-order valence-corrected chi connectivity index (χ0v) is 24.7. The molecule has 1 saturated carbocycles. The summed E-state index contributed by atoms with van der Waals surface area (Å²) in [5.41, 5.74) is 0.444. The number of sulfonamides is 1. The van der Waals surface area contributed by atoms with Crippen molar-refractivity contribution in [2.24, 2.45) is 5.92 Å². The van der Waals surface area contributed by atoms with Gasteiger partial charge in [-0.1, -0.05) is 36.4 Å². The first-order valence-corrected chi connectivity index (χ1v) is 15.3. The van der Waals surface area contributed by atoms with Crippen LogP contribution in [0.4, 0.5) is 10.5 Å².